The first-order valence-corrected chi connectivity index (χ1v) is 10.7. The summed E-state index contributed by atoms with van der Waals surface area (Å²) in [6, 6.07) is 15.4. The molecule has 0 radical (unpaired) electrons. The predicted molar refractivity (Wildman–Crippen MR) is 119 cm³/mol. The minimum Gasteiger partial charge on any atom is -0.378 e. The number of amides is 1. The Balaban J connectivity index is 1.34. The van der Waals surface area contributed by atoms with Gasteiger partial charge in [-0.1, -0.05) is 35.0 Å². The molecule has 0 atom stereocenters. The number of ether oxygens (including phenoxy) is 1. The van der Waals surface area contributed by atoms with Crippen molar-refractivity contribution in [2.24, 2.45) is 0 Å². The van der Waals surface area contributed by atoms with E-state index in [9.17, 15) is 4.79 Å². The van der Waals surface area contributed by atoms with E-state index in [1.165, 1.54) is 0 Å². The number of para-hydroxylation sites is 1. The summed E-state index contributed by atoms with van der Waals surface area (Å²) in [6.07, 6.45) is 0.702. The molecule has 7 nitrogen and oxygen atoms in total. The van der Waals surface area contributed by atoms with E-state index in [0.29, 0.717) is 36.1 Å². The number of hydrogen-bond donors (Lipinski definition) is 0. The van der Waals surface area contributed by atoms with Crippen molar-refractivity contribution >= 4 is 23.2 Å². The summed E-state index contributed by atoms with van der Waals surface area (Å²) in [5.74, 6) is 0.968. The molecule has 1 aromatic heterocycles. The SMILES string of the molecule is CN(Cc1ccccc1N1CCOCC1)C(=O)CCc1nc(-c2ccc(Cl)cc2)no1. The van der Waals surface area contributed by atoms with Crippen LogP contribution in [0.4, 0.5) is 5.69 Å². The van der Waals surface area contributed by atoms with Gasteiger partial charge in [0, 0.05) is 55.8 Å². The van der Waals surface area contributed by atoms with Gasteiger partial charge in [-0.05, 0) is 35.9 Å². The van der Waals surface area contributed by atoms with Crippen molar-refractivity contribution < 1.29 is 14.1 Å². The molecular formula is C23H25ClN4O3. The molecule has 1 saturated heterocycles. The van der Waals surface area contributed by atoms with Gasteiger partial charge in [-0.15, -0.1) is 0 Å². The van der Waals surface area contributed by atoms with E-state index in [4.69, 9.17) is 20.9 Å². The number of aromatic nitrogens is 2. The second-order valence-corrected chi connectivity index (χ2v) is 7.93. The lowest BCUT2D eigenvalue weighted by atomic mass is 10.1. The van der Waals surface area contributed by atoms with Crippen LogP contribution in [0, 0.1) is 0 Å². The minimum atomic E-state index is 0.0306. The first-order valence-electron chi connectivity index (χ1n) is 10.3. The smallest absolute Gasteiger partial charge is 0.227 e. The fourth-order valence-electron chi connectivity index (χ4n) is 3.58. The topological polar surface area (TPSA) is 71.7 Å². The normalized spacial score (nSPS) is 13.9. The highest BCUT2D eigenvalue weighted by molar-refractivity contribution is 6.30. The number of carbonyl (C=O) groups is 1. The Bertz CT molecular complexity index is 1020. The summed E-state index contributed by atoms with van der Waals surface area (Å²) in [4.78, 5) is 21.2. The monoisotopic (exact) mass is 440 g/mol. The summed E-state index contributed by atoms with van der Waals surface area (Å²) in [5, 5.41) is 4.65. The largest absolute Gasteiger partial charge is 0.378 e. The molecule has 2 heterocycles. The molecule has 0 saturated carbocycles. The number of morpholine rings is 1. The van der Waals surface area contributed by atoms with Crippen LogP contribution >= 0.6 is 11.6 Å². The maximum absolute atomic E-state index is 12.7. The molecule has 1 fully saturated rings. The number of halogens is 1. The van der Waals surface area contributed by atoms with E-state index < -0.39 is 0 Å². The average Bonchev–Trinajstić information content (AvgIpc) is 3.28. The van der Waals surface area contributed by atoms with Crippen LogP contribution in [0.15, 0.2) is 53.1 Å². The Morgan fingerprint density at radius 2 is 1.87 bits per heavy atom. The van der Waals surface area contributed by atoms with Gasteiger partial charge in [-0.25, -0.2) is 0 Å². The van der Waals surface area contributed by atoms with E-state index in [1.54, 1.807) is 17.0 Å². The van der Waals surface area contributed by atoms with Gasteiger partial charge in [-0.2, -0.15) is 4.98 Å². The number of benzene rings is 2. The fraction of sp³-hybridized carbons (Fsp3) is 0.348. The van der Waals surface area contributed by atoms with Crippen LogP contribution in [0.3, 0.4) is 0 Å². The summed E-state index contributed by atoms with van der Waals surface area (Å²) in [6.45, 7) is 3.73. The van der Waals surface area contributed by atoms with Crippen molar-refractivity contribution in [2.75, 3.05) is 38.3 Å². The predicted octanol–water partition coefficient (Wildman–Crippen LogP) is 3.82. The van der Waals surface area contributed by atoms with Crippen LogP contribution in [0.2, 0.25) is 5.02 Å². The Morgan fingerprint density at radius 3 is 2.65 bits per heavy atom. The second kappa shape index (κ2) is 9.94. The zero-order valence-corrected chi connectivity index (χ0v) is 18.2. The van der Waals surface area contributed by atoms with Crippen molar-refractivity contribution in [1.82, 2.24) is 15.0 Å². The van der Waals surface area contributed by atoms with Crippen molar-refractivity contribution in [3.05, 3.63) is 65.0 Å². The molecule has 0 aliphatic carbocycles. The molecule has 0 spiro atoms. The molecule has 8 heteroatoms. The zero-order chi connectivity index (χ0) is 21.6. The Morgan fingerprint density at radius 1 is 1.13 bits per heavy atom. The van der Waals surface area contributed by atoms with Crippen LogP contribution in [0.5, 0.6) is 0 Å². The lowest BCUT2D eigenvalue weighted by Gasteiger charge is -2.31. The highest BCUT2D eigenvalue weighted by atomic mass is 35.5. The van der Waals surface area contributed by atoms with Gasteiger partial charge in [0.1, 0.15) is 0 Å². The molecule has 1 amide bonds. The number of aryl methyl sites for hydroxylation is 1. The molecule has 3 aromatic rings. The van der Waals surface area contributed by atoms with Gasteiger partial charge in [0.05, 0.1) is 13.2 Å². The van der Waals surface area contributed by atoms with Gasteiger partial charge in [0.2, 0.25) is 17.6 Å². The Kier molecular flexibility index (Phi) is 6.84. The molecule has 1 aliphatic heterocycles. The van der Waals surface area contributed by atoms with E-state index in [0.717, 1.165) is 43.1 Å². The quantitative estimate of drug-likeness (QED) is 0.556. The molecule has 4 rings (SSSR count). The Hall–Kier alpha value is -2.90. The van der Waals surface area contributed by atoms with Gasteiger partial charge >= 0.3 is 0 Å². The van der Waals surface area contributed by atoms with E-state index in [-0.39, 0.29) is 5.91 Å². The lowest BCUT2D eigenvalue weighted by Crippen LogP contribution is -2.37. The van der Waals surface area contributed by atoms with Crippen LogP contribution in [0.1, 0.15) is 17.9 Å². The van der Waals surface area contributed by atoms with E-state index >= 15 is 0 Å². The maximum atomic E-state index is 12.7. The van der Waals surface area contributed by atoms with Gasteiger partial charge < -0.3 is 19.1 Å². The van der Waals surface area contributed by atoms with E-state index in [2.05, 4.69) is 27.2 Å². The van der Waals surface area contributed by atoms with Crippen LogP contribution < -0.4 is 4.90 Å². The third-order valence-corrected chi connectivity index (χ3v) is 5.55. The maximum Gasteiger partial charge on any atom is 0.227 e. The lowest BCUT2D eigenvalue weighted by molar-refractivity contribution is -0.130. The third kappa shape index (κ3) is 5.42. The number of carbonyl (C=O) groups excluding carboxylic acids is 1. The van der Waals surface area contributed by atoms with Gasteiger partial charge in [0.25, 0.3) is 0 Å². The first-order chi connectivity index (χ1) is 15.1. The molecule has 0 bridgehead atoms. The summed E-state index contributed by atoms with van der Waals surface area (Å²) < 4.78 is 10.8. The zero-order valence-electron chi connectivity index (χ0n) is 17.5. The molecule has 2 aromatic carbocycles. The van der Waals surface area contributed by atoms with Gasteiger partial charge in [-0.3, -0.25) is 4.79 Å². The van der Waals surface area contributed by atoms with Crippen LogP contribution in [0.25, 0.3) is 11.4 Å². The van der Waals surface area contributed by atoms with Crippen molar-refractivity contribution in [1.29, 1.82) is 0 Å². The van der Waals surface area contributed by atoms with Crippen molar-refractivity contribution in [3.63, 3.8) is 0 Å². The number of hydrogen-bond acceptors (Lipinski definition) is 6. The second-order valence-electron chi connectivity index (χ2n) is 7.50. The molecule has 31 heavy (non-hydrogen) atoms. The summed E-state index contributed by atoms with van der Waals surface area (Å²) in [7, 11) is 1.82. The third-order valence-electron chi connectivity index (χ3n) is 5.30. The molecule has 0 N–H and O–H groups in total. The minimum absolute atomic E-state index is 0.0306. The number of nitrogens with zero attached hydrogens (tertiary/aromatic N) is 4. The molecule has 162 valence electrons. The van der Waals surface area contributed by atoms with Crippen LogP contribution in [-0.2, 0) is 22.5 Å². The van der Waals surface area contributed by atoms with Gasteiger partial charge in [0.15, 0.2) is 0 Å². The Labute approximate surface area is 186 Å². The number of rotatable bonds is 7. The molecular weight excluding hydrogens is 416 g/mol. The average molecular weight is 441 g/mol. The van der Waals surface area contributed by atoms with Crippen molar-refractivity contribution in [2.45, 2.75) is 19.4 Å². The highest BCUT2D eigenvalue weighted by Gasteiger charge is 2.18. The standard InChI is InChI=1S/C23H25ClN4O3/c1-27(16-18-4-2-3-5-20(18)28-12-14-30-15-13-28)22(29)11-10-21-25-23(26-31-21)17-6-8-19(24)9-7-17/h2-9H,10-16H2,1H3. The fourth-order valence-corrected chi connectivity index (χ4v) is 3.70. The first kappa shape index (κ1) is 21.3. The van der Waals surface area contributed by atoms with Crippen LogP contribution in [-0.4, -0.2) is 54.3 Å². The molecule has 0 unspecified atom stereocenters. The highest BCUT2D eigenvalue weighted by Crippen LogP contribution is 2.23. The molecule has 1 aliphatic rings. The number of anilines is 1. The summed E-state index contributed by atoms with van der Waals surface area (Å²) >= 11 is 5.92. The van der Waals surface area contributed by atoms with E-state index in [1.807, 2.05) is 31.3 Å². The van der Waals surface area contributed by atoms with Crippen molar-refractivity contribution in [3.8, 4) is 11.4 Å². The summed E-state index contributed by atoms with van der Waals surface area (Å²) in [5.41, 5.74) is 3.11.